The normalized spacial score (nSPS) is 13.9. The number of hydrogen-bond acceptors (Lipinski definition) is 10. The average molecular weight is 572 g/mol. The number of nitrogens with one attached hydrogen (secondary N) is 1. The molecule has 0 atom stereocenters. The van der Waals surface area contributed by atoms with Gasteiger partial charge in [-0.3, -0.25) is 4.72 Å². The summed E-state index contributed by atoms with van der Waals surface area (Å²) in [5, 5.41) is 0.479. The Morgan fingerprint density at radius 1 is 1.10 bits per heavy atom. The number of nitrogens with two attached hydrogens (primary N) is 1. The predicted octanol–water partition coefficient (Wildman–Crippen LogP) is 3.61. The third kappa shape index (κ3) is 5.45. The van der Waals surface area contributed by atoms with Gasteiger partial charge in [0.2, 0.25) is 16.0 Å². The van der Waals surface area contributed by atoms with E-state index in [2.05, 4.69) is 19.7 Å². The number of fused-ring (bicyclic) bond motifs is 1. The highest BCUT2D eigenvalue weighted by Crippen LogP contribution is 2.40. The number of anilines is 3. The zero-order chi connectivity index (χ0) is 28.4. The Bertz CT molecular complexity index is 1660. The molecule has 40 heavy (non-hydrogen) atoms. The molecular weight excluding hydrogens is 544 g/mol. The Labute approximate surface area is 229 Å². The molecule has 2 aromatic heterocycles. The van der Waals surface area contributed by atoms with Crippen molar-refractivity contribution in [3.8, 4) is 28.3 Å². The van der Waals surface area contributed by atoms with Crippen LogP contribution in [0.3, 0.4) is 0 Å². The van der Waals surface area contributed by atoms with Crippen molar-refractivity contribution in [1.29, 1.82) is 0 Å². The molecule has 3 N–H and O–H groups in total. The summed E-state index contributed by atoms with van der Waals surface area (Å²) in [4.78, 5) is 19.5. The Balaban J connectivity index is 1.73. The number of nitrogens with zero attached hydrogens (tertiary/aromatic N) is 5. The zero-order valence-corrected chi connectivity index (χ0v) is 22.6. The van der Waals surface area contributed by atoms with Crippen molar-refractivity contribution in [2.45, 2.75) is 13.3 Å². The summed E-state index contributed by atoms with van der Waals surface area (Å²) in [5.41, 5.74) is 5.90. The van der Waals surface area contributed by atoms with Crippen LogP contribution < -0.4 is 20.1 Å². The predicted molar refractivity (Wildman–Crippen MR) is 148 cm³/mol. The van der Waals surface area contributed by atoms with Crippen LogP contribution in [0.4, 0.5) is 26.2 Å². The van der Waals surface area contributed by atoms with E-state index in [1.54, 1.807) is 13.0 Å². The number of sulfonamides is 1. The number of ether oxygens (including phenoxy) is 2. The summed E-state index contributed by atoms with van der Waals surface area (Å²) in [6, 6.07) is 5.09. The fourth-order valence-corrected chi connectivity index (χ4v) is 5.60. The Morgan fingerprint density at radius 2 is 1.82 bits per heavy atom. The summed E-state index contributed by atoms with van der Waals surface area (Å²) in [6.07, 6.45) is 3.34. The van der Waals surface area contributed by atoms with Crippen LogP contribution in [-0.4, -0.2) is 67.5 Å². The fourth-order valence-electron chi connectivity index (χ4n) is 4.47. The Kier molecular flexibility index (Phi) is 7.63. The minimum Gasteiger partial charge on any atom is -0.494 e. The number of aromatic nitrogens is 4. The van der Waals surface area contributed by atoms with Gasteiger partial charge in [0, 0.05) is 30.9 Å². The van der Waals surface area contributed by atoms with E-state index in [-0.39, 0.29) is 28.7 Å². The van der Waals surface area contributed by atoms with Crippen LogP contribution in [0.25, 0.3) is 33.4 Å². The molecule has 0 amide bonds. The number of nitrogen functional groups attached to an aromatic ring is 1. The minimum atomic E-state index is -3.82. The maximum Gasteiger partial charge on any atom is 0.232 e. The van der Waals surface area contributed by atoms with E-state index in [9.17, 15) is 8.42 Å². The van der Waals surface area contributed by atoms with E-state index < -0.39 is 27.2 Å². The lowest BCUT2D eigenvalue weighted by molar-refractivity contribution is 0.122. The van der Waals surface area contributed by atoms with E-state index in [1.807, 2.05) is 4.90 Å². The molecule has 2 aromatic carbocycles. The molecule has 0 unspecified atom stereocenters. The van der Waals surface area contributed by atoms with Gasteiger partial charge in [0.1, 0.15) is 22.9 Å². The number of rotatable bonds is 8. The van der Waals surface area contributed by atoms with Crippen LogP contribution in [0.5, 0.6) is 5.75 Å². The van der Waals surface area contributed by atoms with Gasteiger partial charge in [-0.25, -0.2) is 37.1 Å². The van der Waals surface area contributed by atoms with Crippen molar-refractivity contribution in [2.24, 2.45) is 0 Å². The standard InChI is InChI=1S/C26H27F2N7O4S/c1-3-10-40(36,37)34-19-5-4-18(27)21(22(19)28)15-11-17-23(20(12-15)38-2)32-24(16-13-30-26(29)31-14-16)33-25(17)35-6-8-39-9-7-35/h4-5,11-14,34H,3,6-10H2,1-2H3,(H2,29,30,31). The number of methoxy groups -OCH3 is 1. The van der Waals surface area contributed by atoms with Crippen LogP contribution in [0, 0.1) is 11.6 Å². The maximum atomic E-state index is 15.7. The quantitative estimate of drug-likeness (QED) is 0.322. The Morgan fingerprint density at radius 3 is 2.50 bits per heavy atom. The van der Waals surface area contributed by atoms with E-state index >= 15 is 8.78 Å². The van der Waals surface area contributed by atoms with Crippen LogP contribution in [0.2, 0.25) is 0 Å². The summed E-state index contributed by atoms with van der Waals surface area (Å²) in [7, 11) is -2.40. The summed E-state index contributed by atoms with van der Waals surface area (Å²) >= 11 is 0. The molecule has 0 spiro atoms. The van der Waals surface area contributed by atoms with Gasteiger partial charge >= 0.3 is 0 Å². The number of benzene rings is 2. The van der Waals surface area contributed by atoms with Gasteiger partial charge in [-0.05, 0) is 36.2 Å². The van der Waals surface area contributed by atoms with Crippen molar-refractivity contribution in [1.82, 2.24) is 19.9 Å². The van der Waals surface area contributed by atoms with Crippen molar-refractivity contribution < 1.29 is 26.7 Å². The SMILES string of the molecule is CCCS(=O)(=O)Nc1ccc(F)c(-c2cc(OC)c3nc(-c4cnc(N)nc4)nc(N4CCOCC4)c3c2)c1F. The first-order chi connectivity index (χ1) is 19.2. The van der Waals surface area contributed by atoms with E-state index in [4.69, 9.17) is 20.2 Å². The first-order valence-electron chi connectivity index (χ1n) is 12.5. The van der Waals surface area contributed by atoms with Gasteiger partial charge in [0.15, 0.2) is 11.6 Å². The van der Waals surface area contributed by atoms with Crippen LogP contribution in [-0.2, 0) is 14.8 Å². The molecule has 0 aliphatic carbocycles. The topological polar surface area (TPSA) is 145 Å². The number of hydrogen-bond donors (Lipinski definition) is 2. The molecule has 0 saturated carbocycles. The summed E-state index contributed by atoms with van der Waals surface area (Å²) < 4.78 is 68.8. The third-order valence-electron chi connectivity index (χ3n) is 6.32. The lowest BCUT2D eigenvalue weighted by atomic mass is 10.0. The summed E-state index contributed by atoms with van der Waals surface area (Å²) in [6.45, 7) is 3.66. The number of morpholine rings is 1. The molecule has 3 heterocycles. The molecule has 1 fully saturated rings. The van der Waals surface area contributed by atoms with Crippen molar-refractivity contribution in [3.63, 3.8) is 0 Å². The molecule has 5 rings (SSSR count). The second-order valence-electron chi connectivity index (χ2n) is 9.08. The highest BCUT2D eigenvalue weighted by atomic mass is 32.2. The van der Waals surface area contributed by atoms with Crippen LogP contribution in [0.15, 0.2) is 36.7 Å². The largest absolute Gasteiger partial charge is 0.494 e. The monoisotopic (exact) mass is 571 g/mol. The molecule has 14 heteroatoms. The second kappa shape index (κ2) is 11.1. The van der Waals surface area contributed by atoms with Gasteiger partial charge in [0.05, 0.1) is 42.9 Å². The second-order valence-corrected chi connectivity index (χ2v) is 10.9. The van der Waals surface area contributed by atoms with Crippen molar-refractivity contribution in [3.05, 3.63) is 48.3 Å². The van der Waals surface area contributed by atoms with Crippen molar-refractivity contribution >= 4 is 38.4 Å². The molecule has 0 bridgehead atoms. The first kappa shape index (κ1) is 27.4. The van der Waals surface area contributed by atoms with Crippen molar-refractivity contribution in [2.75, 3.05) is 54.5 Å². The van der Waals surface area contributed by atoms with E-state index in [0.717, 1.165) is 12.1 Å². The lowest BCUT2D eigenvalue weighted by Crippen LogP contribution is -2.37. The van der Waals surface area contributed by atoms with Crippen LogP contribution >= 0.6 is 0 Å². The van der Waals surface area contributed by atoms with Gasteiger partial charge in [0.25, 0.3) is 0 Å². The van der Waals surface area contributed by atoms with E-state index in [0.29, 0.717) is 60.8 Å². The molecule has 1 saturated heterocycles. The molecule has 0 radical (unpaired) electrons. The maximum absolute atomic E-state index is 15.7. The van der Waals surface area contributed by atoms with Gasteiger partial charge in [-0.2, -0.15) is 0 Å². The van der Waals surface area contributed by atoms with Crippen LogP contribution in [0.1, 0.15) is 13.3 Å². The number of halogens is 2. The van der Waals surface area contributed by atoms with E-state index in [1.165, 1.54) is 25.6 Å². The molecule has 11 nitrogen and oxygen atoms in total. The first-order valence-corrected chi connectivity index (χ1v) is 14.1. The Hall–Kier alpha value is -4.17. The zero-order valence-electron chi connectivity index (χ0n) is 21.8. The van der Waals surface area contributed by atoms with Gasteiger partial charge < -0.3 is 20.1 Å². The molecule has 4 aromatic rings. The molecule has 210 valence electrons. The smallest absolute Gasteiger partial charge is 0.232 e. The highest BCUT2D eigenvalue weighted by Gasteiger charge is 2.24. The molecule has 1 aliphatic rings. The van der Waals surface area contributed by atoms with Gasteiger partial charge in [-0.15, -0.1) is 0 Å². The average Bonchev–Trinajstić information content (AvgIpc) is 2.94. The third-order valence-corrected chi connectivity index (χ3v) is 7.80. The minimum absolute atomic E-state index is 0.100. The van der Waals surface area contributed by atoms with Gasteiger partial charge in [-0.1, -0.05) is 6.92 Å². The lowest BCUT2D eigenvalue weighted by Gasteiger charge is -2.29. The highest BCUT2D eigenvalue weighted by molar-refractivity contribution is 7.92. The fraction of sp³-hybridized carbons (Fsp3) is 0.308. The summed E-state index contributed by atoms with van der Waals surface area (Å²) in [5.74, 6) is -0.982. The molecular formula is C26H27F2N7O4S. The molecule has 1 aliphatic heterocycles.